The minimum absolute atomic E-state index is 0.0579. The van der Waals surface area contributed by atoms with Gasteiger partial charge in [0.2, 0.25) is 0 Å². The van der Waals surface area contributed by atoms with Gasteiger partial charge >= 0.3 is 5.97 Å². The smallest absolute Gasteiger partial charge is 0.331 e. The van der Waals surface area contributed by atoms with Gasteiger partial charge in [-0.1, -0.05) is 17.7 Å². The molecule has 27 heavy (non-hydrogen) atoms. The van der Waals surface area contributed by atoms with Crippen molar-refractivity contribution in [3.05, 3.63) is 58.4 Å². The quantitative estimate of drug-likeness (QED) is 0.481. The topological polar surface area (TPSA) is 54.0 Å². The van der Waals surface area contributed by atoms with Gasteiger partial charge in [0.15, 0.2) is 23.1 Å². The van der Waals surface area contributed by atoms with Crippen molar-refractivity contribution in [2.45, 2.75) is 13.5 Å². The lowest BCUT2D eigenvalue weighted by atomic mass is 10.2. The van der Waals surface area contributed by atoms with E-state index in [0.717, 1.165) is 0 Å². The molecule has 0 aliphatic rings. The number of hydrogen-bond donors (Lipinski definition) is 0. The van der Waals surface area contributed by atoms with Gasteiger partial charge in [0, 0.05) is 6.08 Å². The van der Waals surface area contributed by atoms with Gasteiger partial charge in [-0.25, -0.2) is 9.18 Å². The van der Waals surface area contributed by atoms with Crippen molar-refractivity contribution in [1.82, 2.24) is 0 Å². The third-order valence-electron chi connectivity index (χ3n) is 3.54. The first-order chi connectivity index (χ1) is 13.0. The van der Waals surface area contributed by atoms with Crippen LogP contribution in [0.4, 0.5) is 4.39 Å². The number of rotatable bonds is 8. The molecule has 0 radical (unpaired) electrons. The third-order valence-corrected chi connectivity index (χ3v) is 3.83. The number of ether oxygens (including phenoxy) is 4. The first-order valence-electron chi connectivity index (χ1n) is 8.16. The molecule has 5 nitrogen and oxygen atoms in total. The van der Waals surface area contributed by atoms with Gasteiger partial charge < -0.3 is 18.9 Å². The number of carbonyl (C=O) groups excluding carboxylic acids is 1. The van der Waals surface area contributed by atoms with E-state index >= 15 is 0 Å². The van der Waals surface area contributed by atoms with Crippen LogP contribution >= 0.6 is 11.6 Å². The van der Waals surface area contributed by atoms with Crippen LogP contribution in [0.1, 0.15) is 18.1 Å². The minimum Gasteiger partial charge on any atom is -0.494 e. The van der Waals surface area contributed by atoms with Crippen molar-refractivity contribution >= 4 is 23.6 Å². The van der Waals surface area contributed by atoms with Crippen molar-refractivity contribution in [2.75, 3.05) is 20.8 Å². The Morgan fingerprint density at radius 3 is 2.56 bits per heavy atom. The fraction of sp³-hybridized carbons (Fsp3) is 0.250. The van der Waals surface area contributed by atoms with E-state index in [1.165, 1.54) is 32.4 Å². The van der Waals surface area contributed by atoms with Crippen molar-refractivity contribution in [3.63, 3.8) is 0 Å². The van der Waals surface area contributed by atoms with E-state index in [9.17, 15) is 9.18 Å². The Balaban J connectivity index is 2.03. The zero-order chi connectivity index (χ0) is 19.8. The number of halogens is 2. The molecule has 0 heterocycles. The van der Waals surface area contributed by atoms with Crippen LogP contribution in [0.15, 0.2) is 36.4 Å². The van der Waals surface area contributed by atoms with Gasteiger partial charge in [-0.05, 0) is 48.4 Å². The molecule has 0 fully saturated rings. The van der Waals surface area contributed by atoms with Crippen LogP contribution in [-0.2, 0) is 16.1 Å². The van der Waals surface area contributed by atoms with E-state index in [1.807, 2.05) is 6.92 Å². The van der Waals surface area contributed by atoms with E-state index < -0.39 is 11.8 Å². The number of benzene rings is 2. The Morgan fingerprint density at radius 1 is 1.15 bits per heavy atom. The van der Waals surface area contributed by atoms with Crippen LogP contribution in [0, 0.1) is 5.82 Å². The molecule has 0 N–H and O–H groups in total. The minimum atomic E-state index is -0.573. The summed E-state index contributed by atoms with van der Waals surface area (Å²) in [6.45, 7) is 2.23. The highest BCUT2D eigenvalue weighted by Gasteiger charge is 2.11. The predicted molar refractivity (Wildman–Crippen MR) is 101 cm³/mol. The van der Waals surface area contributed by atoms with Gasteiger partial charge in [-0.15, -0.1) is 0 Å². The van der Waals surface area contributed by atoms with Crippen LogP contribution in [0.5, 0.6) is 17.2 Å². The summed E-state index contributed by atoms with van der Waals surface area (Å²) < 4.78 is 34.3. The molecule has 0 spiro atoms. The highest BCUT2D eigenvalue weighted by atomic mass is 35.5. The normalized spacial score (nSPS) is 10.7. The standard InChI is InChI=1S/C20H20ClFO5/c1-4-26-18-11-13(9-15(21)20(18)25-3)6-8-19(23)27-12-14-5-7-17(24-2)16(22)10-14/h5-11H,4,12H2,1-3H3/b8-6+. The first-order valence-corrected chi connectivity index (χ1v) is 8.53. The zero-order valence-corrected chi connectivity index (χ0v) is 16.0. The molecule has 2 aromatic rings. The van der Waals surface area contributed by atoms with E-state index in [1.54, 1.807) is 24.3 Å². The van der Waals surface area contributed by atoms with Crippen LogP contribution < -0.4 is 14.2 Å². The van der Waals surface area contributed by atoms with Crippen LogP contribution in [0.25, 0.3) is 6.08 Å². The second kappa shape index (κ2) is 9.83. The SMILES string of the molecule is CCOc1cc(/C=C/C(=O)OCc2ccc(OC)c(F)c2)cc(Cl)c1OC. The van der Waals surface area contributed by atoms with Gasteiger partial charge in [-0.2, -0.15) is 0 Å². The Labute approximate surface area is 162 Å². The predicted octanol–water partition coefficient (Wildman–Crippen LogP) is 4.65. The van der Waals surface area contributed by atoms with Gasteiger partial charge in [-0.3, -0.25) is 0 Å². The van der Waals surface area contributed by atoms with E-state index in [-0.39, 0.29) is 12.4 Å². The lowest BCUT2D eigenvalue weighted by Gasteiger charge is -2.11. The molecule has 0 unspecified atom stereocenters. The van der Waals surface area contributed by atoms with Gasteiger partial charge in [0.05, 0.1) is 25.8 Å². The lowest BCUT2D eigenvalue weighted by Crippen LogP contribution is -2.01. The molecule has 0 bridgehead atoms. The number of hydrogen-bond acceptors (Lipinski definition) is 5. The summed E-state index contributed by atoms with van der Waals surface area (Å²) in [7, 11) is 2.88. The maximum Gasteiger partial charge on any atom is 0.331 e. The van der Waals surface area contributed by atoms with Gasteiger partial charge in [0.1, 0.15) is 6.61 Å². The highest BCUT2D eigenvalue weighted by Crippen LogP contribution is 2.36. The van der Waals surface area contributed by atoms with Crippen LogP contribution in [0.2, 0.25) is 5.02 Å². The summed E-state index contributed by atoms with van der Waals surface area (Å²) in [5, 5.41) is 0.366. The first kappa shape index (κ1) is 20.6. The van der Waals surface area contributed by atoms with Crippen molar-refractivity contribution in [1.29, 1.82) is 0 Å². The van der Waals surface area contributed by atoms with Crippen molar-refractivity contribution in [2.24, 2.45) is 0 Å². The largest absolute Gasteiger partial charge is 0.494 e. The maximum atomic E-state index is 13.6. The molecule has 0 aromatic heterocycles. The Morgan fingerprint density at radius 2 is 1.93 bits per heavy atom. The average Bonchev–Trinajstić information content (AvgIpc) is 2.65. The number of carbonyl (C=O) groups is 1. The molecule has 0 saturated carbocycles. The molecule has 0 aliphatic carbocycles. The molecule has 2 aromatic carbocycles. The van der Waals surface area contributed by atoms with Gasteiger partial charge in [0.25, 0.3) is 0 Å². The molecule has 0 saturated heterocycles. The third kappa shape index (κ3) is 5.62. The van der Waals surface area contributed by atoms with Crippen molar-refractivity contribution in [3.8, 4) is 17.2 Å². The highest BCUT2D eigenvalue weighted by molar-refractivity contribution is 6.32. The Hall–Kier alpha value is -2.73. The molecule has 7 heteroatoms. The number of methoxy groups -OCH3 is 2. The zero-order valence-electron chi connectivity index (χ0n) is 15.3. The second-order valence-corrected chi connectivity index (χ2v) is 5.78. The molecular formula is C20H20ClFO5. The maximum absolute atomic E-state index is 13.6. The fourth-order valence-electron chi connectivity index (χ4n) is 2.31. The van der Waals surface area contributed by atoms with Crippen LogP contribution in [0.3, 0.4) is 0 Å². The number of esters is 1. The lowest BCUT2D eigenvalue weighted by molar-refractivity contribution is -0.138. The molecule has 2 rings (SSSR count). The second-order valence-electron chi connectivity index (χ2n) is 5.38. The molecule has 144 valence electrons. The summed E-state index contributed by atoms with van der Waals surface area (Å²) in [6, 6.07) is 7.70. The summed E-state index contributed by atoms with van der Waals surface area (Å²) in [4.78, 5) is 11.9. The van der Waals surface area contributed by atoms with E-state index in [0.29, 0.717) is 34.3 Å². The van der Waals surface area contributed by atoms with Crippen LogP contribution in [-0.4, -0.2) is 26.8 Å². The Kier molecular flexibility index (Phi) is 7.49. The van der Waals surface area contributed by atoms with E-state index in [4.69, 9.17) is 30.5 Å². The average molecular weight is 395 g/mol. The summed E-state index contributed by atoms with van der Waals surface area (Å²) in [5.41, 5.74) is 1.16. The molecule has 0 atom stereocenters. The van der Waals surface area contributed by atoms with E-state index in [2.05, 4.69) is 0 Å². The summed E-state index contributed by atoms with van der Waals surface area (Å²) >= 11 is 6.17. The summed E-state index contributed by atoms with van der Waals surface area (Å²) in [6.07, 6.45) is 2.80. The summed E-state index contributed by atoms with van der Waals surface area (Å²) in [5.74, 6) is -0.0468. The molecule has 0 aliphatic heterocycles. The molecular weight excluding hydrogens is 375 g/mol. The Bertz CT molecular complexity index is 835. The van der Waals surface area contributed by atoms with Crippen molar-refractivity contribution < 1.29 is 28.1 Å². The monoisotopic (exact) mass is 394 g/mol. The fourth-order valence-corrected chi connectivity index (χ4v) is 2.61. The molecule has 0 amide bonds.